The number of hydrogen-bond acceptors (Lipinski definition) is 5. The van der Waals surface area contributed by atoms with E-state index in [4.69, 9.17) is 10.5 Å². The maximum Gasteiger partial charge on any atom is 0.238 e. The predicted octanol–water partition coefficient (Wildman–Crippen LogP) is 2.18. The number of anilines is 3. The van der Waals surface area contributed by atoms with Crippen LogP contribution in [-0.2, 0) is 4.79 Å². The molecule has 7 heteroatoms. The lowest BCUT2D eigenvalue weighted by Gasteiger charge is -2.35. The molecular formula is C19H23FN4O2. The fourth-order valence-corrected chi connectivity index (χ4v) is 3.03. The van der Waals surface area contributed by atoms with Crippen molar-refractivity contribution in [3.8, 4) is 5.75 Å². The van der Waals surface area contributed by atoms with Crippen LogP contribution in [0.25, 0.3) is 0 Å². The van der Waals surface area contributed by atoms with Gasteiger partial charge < -0.3 is 20.7 Å². The van der Waals surface area contributed by atoms with Crippen LogP contribution in [0, 0.1) is 5.82 Å². The van der Waals surface area contributed by atoms with E-state index in [1.54, 1.807) is 37.4 Å². The number of nitrogen functional groups attached to an aromatic ring is 1. The Balaban J connectivity index is 1.49. The fraction of sp³-hybridized carbons (Fsp3) is 0.316. The van der Waals surface area contributed by atoms with Crippen LogP contribution in [0.15, 0.2) is 42.5 Å². The Morgan fingerprint density at radius 1 is 1.15 bits per heavy atom. The van der Waals surface area contributed by atoms with Crippen molar-refractivity contribution in [3.63, 3.8) is 0 Å². The van der Waals surface area contributed by atoms with Crippen molar-refractivity contribution in [1.29, 1.82) is 0 Å². The van der Waals surface area contributed by atoms with Gasteiger partial charge in [0.25, 0.3) is 0 Å². The van der Waals surface area contributed by atoms with Gasteiger partial charge in [-0.05, 0) is 42.5 Å². The van der Waals surface area contributed by atoms with Crippen molar-refractivity contribution in [2.24, 2.45) is 0 Å². The summed E-state index contributed by atoms with van der Waals surface area (Å²) < 4.78 is 18.1. The minimum atomic E-state index is -0.233. The number of halogens is 1. The smallest absolute Gasteiger partial charge is 0.238 e. The van der Waals surface area contributed by atoms with E-state index in [0.29, 0.717) is 23.7 Å². The number of rotatable bonds is 5. The van der Waals surface area contributed by atoms with E-state index in [2.05, 4.69) is 15.1 Å². The monoisotopic (exact) mass is 358 g/mol. The zero-order valence-electron chi connectivity index (χ0n) is 14.7. The maximum absolute atomic E-state index is 13.0. The first-order valence-corrected chi connectivity index (χ1v) is 8.51. The zero-order chi connectivity index (χ0) is 18.5. The van der Waals surface area contributed by atoms with Crippen molar-refractivity contribution < 1.29 is 13.9 Å². The lowest BCUT2D eigenvalue weighted by atomic mass is 10.2. The van der Waals surface area contributed by atoms with Gasteiger partial charge in [-0.1, -0.05) is 0 Å². The maximum atomic E-state index is 13.0. The highest BCUT2D eigenvalue weighted by Crippen LogP contribution is 2.24. The molecule has 6 nitrogen and oxygen atoms in total. The second-order valence-corrected chi connectivity index (χ2v) is 6.24. The van der Waals surface area contributed by atoms with Crippen LogP contribution in [0.5, 0.6) is 5.75 Å². The first-order valence-electron chi connectivity index (χ1n) is 8.51. The topological polar surface area (TPSA) is 70.8 Å². The van der Waals surface area contributed by atoms with Crippen molar-refractivity contribution >= 4 is 23.0 Å². The van der Waals surface area contributed by atoms with Gasteiger partial charge >= 0.3 is 0 Å². The highest BCUT2D eigenvalue weighted by atomic mass is 19.1. The Labute approximate surface area is 152 Å². The Bertz CT molecular complexity index is 759. The van der Waals surface area contributed by atoms with E-state index < -0.39 is 0 Å². The number of carbonyl (C=O) groups excluding carboxylic acids is 1. The molecule has 0 saturated carbocycles. The van der Waals surface area contributed by atoms with Gasteiger partial charge in [-0.3, -0.25) is 9.69 Å². The lowest BCUT2D eigenvalue weighted by molar-refractivity contribution is -0.117. The van der Waals surface area contributed by atoms with E-state index in [-0.39, 0.29) is 11.7 Å². The van der Waals surface area contributed by atoms with Crippen LogP contribution in [0.3, 0.4) is 0 Å². The third-order valence-electron chi connectivity index (χ3n) is 4.44. The Kier molecular flexibility index (Phi) is 5.58. The number of nitrogens with zero attached hydrogens (tertiary/aromatic N) is 2. The van der Waals surface area contributed by atoms with Gasteiger partial charge in [0.2, 0.25) is 5.91 Å². The third kappa shape index (κ3) is 4.43. The van der Waals surface area contributed by atoms with Gasteiger partial charge in [0.15, 0.2) is 0 Å². The first kappa shape index (κ1) is 18.0. The van der Waals surface area contributed by atoms with Gasteiger partial charge in [0, 0.05) is 37.6 Å². The SMILES string of the molecule is COc1ccc(NC(=O)CN2CCN(c3ccc(F)cc3)CC2)cc1N. The molecule has 3 rings (SSSR count). The van der Waals surface area contributed by atoms with E-state index in [1.165, 1.54) is 12.1 Å². The molecule has 0 unspecified atom stereocenters. The van der Waals surface area contributed by atoms with Crippen LogP contribution in [-0.4, -0.2) is 50.6 Å². The van der Waals surface area contributed by atoms with Crippen LogP contribution >= 0.6 is 0 Å². The summed E-state index contributed by atoms with van der Waals surface area (Å²) in [5, 5.41) is 2.86. The third-order valence-corrected chi connectivity index (χ3v) is 4.44. The van der Waals surface area contributed by atoms with Gasteiger partial charge in [0.05, 0.1) is 19.3 Å². The van der Waals surface area contributed by atoms with E-state index in [0.717, 1.165) is 31.9 Å². The van der Waals surface area contributed by atoms with Crippen molar-refractivity contribution in [2.45, 2.75) is 0 Å². The minimum absolute atomic E-state index is 0.0789. The molecule has 0 bridgehead atoms. The average Bonchev–Trinajstić information content (AvgIpc) is 2.63. The molecule has 0 spiro atoms. The normalized spacial score (nSPS) is 14.9. The summed E-state index contributed by atoms with van der Waals surface area (Å²) >= 11 is 0. The number of methoxy groups -OCH3 is 1. The highest BCUT2D eigenvalue weighted by molar-refractivity contribution is 5.93. The molecular weight excluding hydrogens is 335 g/mol. The molecule has 0 aromatic heterocycles. The molecule has 2 aromatic rings. The van der Waals surface area contributed by atoms with Crippen LogP contribution < -0.4 is 20.7 Å². The largest absolute Gasteiger partial charge is 0.495 e. The molecule has 138 valence electrons. The number of carbonyl (C=O) groups is 1. The summed E-state index contributed by atoms with van der Waals surface area (Å²) in [6.45, 7) is 3.47. The molecule has 3 N–H and O–H groups in total. The van der Waals surface area contributed by atoms with Crippen LogP contribution in [0.2, 0.25) is 0 Å². The quantitative estimate of drug-likeness (QED) is 0.802. The van der Waals surface area contributed by atoms with Crippen LogP contribution in [0.1, 0.15) is 0 Å². The fourth-order valence-electron chi connectivity index (χ4n) is 3.03. The average molecular weight is 358 g/mol. The number of nitrogens with two attached hydrogens (primary N) is 1. The number of nitrogens with one attached hydrogen (secondary N) is 1. The summed E-state index contributed by atoms with van der Waals surface area (Å²) in [6, 6.07) is 11.7. The molecule has 1 fully saturated rings. The first-order chi connectivity index (χ1) is 12.5. The predicted molar refractivity (Wildman–Crippen MR) is 101 cm³/mol. The van der Waals surface area contributed by atoms with Gasteiger partial charge in [-0.15, -0.1) is 0 Å². The molecule has 1 saturated heterocycles. The standard InChI is InChI=1S/C19H23FN4O2/c1-26-18-7-4-15(12-17(18)21)22-19(25)13-23-8-10-24(11-9-23)16-5-2-14(20)3-6-16/h2-7,12H,8-11,13,21H2,1H3,(H,22,25). The number of ether oxygens (including phenoxy) is 1. The summed E-state index contributed by atoms with van der Waals surface area (Å²) in [5.41, 5.74) is 8.00. The molecule has 1 aliphatic heterocycles. The molecule has 2 aromatic carbocycles. The minimum Gasteiger partial charge on any atom is -0.495 e. The Hall–Kier alpha value is -2.80. The Morgan fingerprint density at radius 2 is 1.85 bits per heavy atom. The summed E-state index contributed by atoms with van der Waals surface area (Å²) in [5.74, 6) is 0.271. The number of benzene rings is 2. The lowest BCUT2D eigenvalue weighted by Crippen LogP contribution is -2.48. The van der Waals surface area contributed by atoms with E-state index in [9.17, 15) is 9.18 Å². The molecule has 0 radical (unpaired) electrons. The van der Waals surface area contributed by atoms with E-state index in [1.807, 2.05) is 0 Å². The van der Waals surface area contributed by atoms with Crippen molar-refractivity contribution in [1.82, 2.24) is 4.90 Å². The molecule has 0 atom stereocenters. The molecule has 26 heavy (non-hydrogen) atoms. The number of piperazine rings is 1. The van der Waals surface area contributed by atoms with Gasteiger partial charge in [-0.2, -0.15) is 0 Å². The summed E-state index contributed by atoms with van der Waals surface area (Å²) in [4.78, 5) is 16.5. The molecule has 1 amide bonds. The number of hydrogen-bond donors (Lipinski definition) is 2. The summed E-state index contributed by atoms with van der Waals surface area (Å²) in [6.07, 6.45) is 0. The number of amides is 1. The molecule has 0 aliphatic carbocycles. The highest BCUT2D eigenvalue weighted by Gasteiger charge is 2.19. The molecule has 1 heterocycles. The van der Waals surface area contributed by atoms with Crippen LogP contribution in [0.4, 0.5) is 21.5 Å². The Morgan fingerprint density at radius 3 is 2.46 bits per heavy atom. The zero-order valence-corrected chi connectivity index (χ0v) is 14.7. The van der Waals surface area contributed by atoms with Crippen molar-refractivity contribution in [2.75, 3.05) is 55.8 Å². The van der Waals surface area contributed by atoms with Gasteiger partial charge in [0.1, 0.15) is 11.6 Å². The second-order valence-electron chi connectivity index (χ2n) is 6.24. The van der Waals surface area contributed by atoms with Gasteiger partial charge in [-0.25, -0.2) is 4.39 Å². The molecule has 1 aliphatic rings. The van der Waals surface area contributed by atoms with Crippen molar-refractivity contribution in [3.05, 3.63) is 48.3 Å². The van der Waals surface area contributed by atoms with E-state index >= 15 is 0 Å². The summed E-state index contributed by atoms with van der Waals surface area (Å²) in [7, 11) is 1.55. The second kappa shape index (κ2) is 8.05.